The molecule has 2 aromatic rings. The molecular formula is C18H19ClO2. The Labute approximate surface area is 130 Å². The van der Waals surface area contributed by atoms with Gasteiger partial charge in [0, 0.05) is 0 Å². The molecule has 0 N–H and O–H groups in total. The number of aryl methyl sites for hydroxylation is 2. The minimum atomic E-state index is -0.0667. The average molecular weight is 303 g/mol. The zero-order valence-electron chi connectivity index (χ0n) is 12.4. The second-order valence-corrected chi connectivity index (χ2v) is 6.02. The van der Waals surface area contributed by atoms with E-state index in [-0.39, 0.29) is 5.38 Å². The van der Waals surface area contributed by atoms with Gasteiger partial charge in [0.15, 0.2) is 11.5 Å². The van der Waals surface area contributed by atoms with E-state index < -0.39 is 0 Å². The van der Waals surface area contributed by atoms with Crippen LogP contribution < -0.4 is 9.47 Å². The van der Waals surface area contributed by atoms with Gasteiger partial charge in [-0.3, -0.25) is 0 Å². The van der Waals surface area contributed by atoms with Gasteiger partial charge in [-0.15, -0.1) is 11.6 Å². The number of hydrogen-bond donors (Lipinski definition) is 0. The molecule has 0 fully saturated rings. The molecule has 0 radical (unpaired) electrons. The van der Waals surface area contributed by atoms with Crippen LogP contribution in [0.1, 0.15) is 27.6 Å². The van der Waals surface area contributed by atoms with E-state index in [1.54, 1.807) is 0 Å². The number of ether oxygens (including phenoxy) is 2. The Morgan fingerprint density at radius 1 is 0.952 bits per heavy atom. The lowest BCUT2D eigenvalue weighted by Crippen LogP contribution is -2.15. The maximum Gasteiger partial charge on any atom is 0.161 e. The zero-order chi connectivity index (χ0) is 14.8. The van der Waals surface area contributed by atoms with Gasteiger partial charge < -0.3 is 9.47 Å². The Bertz CT molecular complexity index is 652. The molecule has 1 aliphatic rings. The maximum atomic E-state index is 6.58. The molecule has 21 heavy (non-hydrogen) atoms. The molecule has 0 amide bonds. The largest absolute Gasteiger partial charge is 0.486 e. The highest BCUT2D eigenvalue weighted by molar-refractivity contribution is 6.21. The fourth-order valence-electron chi connectivity index (χ4n) is 2.51. The highest BCUT2D eigenvalue weighted by Gasteiger charge is 2.16. The first kappa shape index (κ1) is 14.3. The Kier molecular flexibility index (Phi) is 4.07. The van der Waals surface area contributed by atoms with Crippen molar-refractivity contribution < 1.29 is 9.47 Å². The number of benzene rings is 2. The molecular weight excluding hydrogens is 284 g/mol. The van der Waals surface area contributed by atoms with Gasteiger partial charge >= 0.3 is 0 Å². The van der Waals surface area contributed by atoms with Crippen LogP contribution in [0, 0.1) is 13.8 Å². The van der Waals surface area contributed by atoms with Crippen LogP contribution >= 0.6 is 11.6 Å². The van der Waals surface area contributed by atoms with Crippen molar-refractivity contribution in [1.29, 1.82) is 0 Å². The first-order valence-corrected chi connectivity index (χ1v) is 7.67. The number of rotatable bonds is 3. The van der Waals surface area contributed by atoms with Crippen LogP contribution in [0.3, 0.4) is 0 Å². The van der Waals surface area contributed by atoms with E-state index in [1.165, 1.54) is 16.7 Å². The zero-order valence-corrected chi connectivity index (χ0v) is 13.1. The van der Waals surface area contributed by atoms with E-state index in [0.717, 1.165) is 23.5 Å². The Morgan fingerprint density at radius 2 is 1.71 bits per heavy atom. The van der Waals surface area contributed by atoms with Gasteiger partial charge in [-0.1, -0.05) is 24.3 Å². The van der Waals surface area contributed by atoms with E-state index in [2.05, 4.69) is 32.0 Å². The lowest BCUT2D eigenvalue weighted by Gasteiger charge is -2.20. The van der Waals surface area contributed by atoms with Gasteiger partial charge in [-0.05, 0) is 54.7 Å². The molecule has 1 aliphatic heterocycles. The van der Waals surface area contributed by atoms with Gasteiger partial charge in [0.25, 0.3) is 0 Å². The van der Waals surface area contributed by atoms with Crippen LogP contribution in [0.25, 0.3) is 0 Å². The molecule has 1 unspecified atom stereocenters. The summed E-state index contributed by atoms with van der Waals surface area (Å²) in [6, 6.07) is 12.5. The third-order valence-corrected chi connectivity index (χ3v) is 4.32. The molecule has 110 valence electrons. The van der Waals surface area contributed by atoms with Crippen LogP contribution in [0.2, 0.25) is 0 Å². The lowest BCUT2D eigenvalue weighted by atomic mass is 10.00. The third-order valence-electron chi connectivity index (χ3n) is 3.91. The first-order valence-electron chi connectivity index (χ1n) is 7.23. The molecule has 0 aliphatic carbocycles. The second kappa shape index (κ2) is 5.98. The lowest BCUT2D eigenvalue weighted by molar-refractivity contribution is 0.171. The molecule has 2 nitrogen and oxygen atoms in total. The molecule has 0 spiro atoms. The van der Waals surface area contributed by atoms with Gasteiger partial charge in [-0.25, -0.2) is 0 Å². The molecule has 0 aromatic heterocycles. The van der Waals surface area contributed by atoms with Crippen molar-refractivity contribution in [3.05, 3.63) is 58.7 Å². The first-order chi connectivity index (χ1) is 10.1. The highest BCUT2D eigenvalue weighted by atomic mass is 35.5. The van der Waals surface area contributed by atoms with Crippen LogP contribution in [-0.4, -0.2) is 13.2 Å². The summed E-state index contributed by atoms with van der Waals surface area (Å²) < 4.78 is 11.2. The van der Waals surface area contributed by atoms with E-state index >= 15 is 0 Å². The molecule has 3 heteroatoms. The number of alkyl halides is 1. The minimum absolute atomic E-state index is 0.0667. The standard InChI is InChI=1S/C18H19ClO2/c1-12-3-4-14(9-13(12)2)10-16(19)15-5-6-17-18(11-15)21-8-7-20-17/h3-6,9,11,16H,7-8,10H2,1-2H3. The summed E-state index contributed by atoms with van der Waals surface area (Å²) in [5, 5.41) is -0.0667. The SMILES string of the molecule is Cc1ccc(CC(Cl)c2ccc3c(c2)OCCO3)cc1C. The molecule has 1 atom stereocenters. The quantitative estimate of drug-likeness (QED) is 0.772. The van der Waals surface area contributed by atoms with Crippen molar-refractivity contribution >= 4 is 11.6 Å². The number of hydrogen-bond acceptors (Lipinski definition) is 2. The Hall–Kier alpha value is -1.67. The normalized spacial score (nSPS) is 14.8. The maximum absolute atomic E-state index is 6.58. The van der Waals surface area contributed by atoms with Crippen LogP contribution in [0.5, 0.6) is 11.5 Å². The van der Waals surface area contributed by atoms with Crippen molar-refractivity contribution in [3.8, 4) is 11.5 Å². The fourth-order valence-corrected chi connectivity index (χ4v) is 2.82. The summed E-state index contributed by atoms with van der Waals surface area (Å²) in [6.07, 6.45) is 0.808. The monoisotopic (exact) mass is 302 g/mol. The van der Waals surface area contributed by atoms with Crippen molar-refractivity contribution in [2.24, 2.45) is 0 Å². The second-order valence-electron chi connectivity index (χ2n) is 5.49. The van der Waals surface area contributed by atoms with Gasteiger partial charge in [0.1, 0.15) is 13.2 Å². The predicted molar refractivity (Wildman–Crippen MR) is 85.6 cm³/mol. The molecule has 2 aromatic carbocycles. The molecule has 0 saturated carbocycles. The van der Waals surface area contributed by atoms with E-state index in [9.17, 15) is 0 Å². The predicted octanol–water partition coefficient (Wildman–Crippen LogP) is 4.60. The molecule has 1 heterocycles. The van der Waals surface area contributed by atoms with Crippen LogP contribution in [-0.2, 0) is 6.42 Å². The van der Waals surface area contributed by atoms with Gasteiger partial charge in [0.2, 0.25) is 0 Å². The summed E-state index contributed by atoms with van der Waals surface area (Å²) in [7, 11) is 0. The van der Waals surface area contributed by atoms with E-state index in [0.29, 0.717) is 13.2 Å². The summed E-state index contributed by atoms with van der Waals surface area (Å²) >= 11 is 6.58. The average Bonchev–Trinajstić information content (AvgIpc) is 2.50. The van der Waals surface area contributed by atoms with Crippen LogP contribution in [0.15, 0.2) is 36.4 Å². The summed E-state index contributed by atoms with van der Waals surface area (Å²) in [6.45, 7) is 5.46. The topological polar surface area (TPSA) is 18.5 Å². The van der Waals surface area contributed by atoms with Gasteiger partial charge in [0.05, 0.1) is 5.38 Å². The van der Waals surface area contributed by atoms with Crippen LogP contribution in [0.4, 0.5) is 0 Å². The van der Waals surface area contributed by atoms with Crippen molar-refractivity contribution in [1.82, 2.24) is 0 Å². The summed E-state index contributed by atoms with van der Waals surface area (Å²) in [4.78, 5) is 0. The Balaban J connectivity index is 1.78. The van der Waals surface area contributed by atoms with Crippen molar-refractivity contribution in [3.63, 3.8) is 0 Å². The molecule has 0 saturated heterocycles. The summed E-state index contributed by atoms with van der Waals surface area (Å²) in [5.41, 5.74) is 4.94. The fraction of sp³-hybridized carbons (Fsp3) is 0.333. The molecule has 3 rings (SSSR count). The minimum Gasteiger partial charge on any atom is -0.486 e. The van der Waals surface area contributed by atoms with Crippen molar-refractivity contribution in [2.45, 2.75) is 25.6 Å². The number of fused-ring (bicyclic) bond motifs is 1. The third kappa shape index (κ3) is 3.16. The number of halogens is 1. The Morgan fingerprint density at radius 3 is 2.48 bits per heavy atom. The van der Waals surface area contributed by atoms with E-state index in [1.807, 2.05) is 18.2 Å². The van der Waals surface area contributed by atoms with E-state index in [4.69, 9.17) is 21.1 Å². The van der Waals surface area contributed by atoms with Gasteiger partial charge in [-0.2, -0.15) is 0 Å². The highest BCUT2D eigenvalue weighted by Crippen LogP contribution is 2.35. The molecule has 0 bridgehead atoms. The van der Waals surface area contributed by atoms with Crippen molar-refractivity contribution in [2.75, 3.05) is 13.2 Å². The smallest absolute Gasteiger partial charge is 0.161 e. The summed E-state index contributed by atoms with van der Waals surface area (Å²) in [5.74, 6) is 1.60.